The molecule has 0 bridgehead atoms. The first-order valence-electron chi connectivity index (χ1n) is 7.19. The van der Waals surface area contributed by atoms with E-state index in [9.17, 15) is 4.39 Å². The Morgan fingerprint density at radius 2 is 2.26 bits per heavy atom. The molecule has 0 saturated heterocycles. The van der Waals surface area contributed by atoms with E-state index in [4.69, 9.17) is 4.42 Å². The average Bonchev–Trinajstić information content (AvgIpc) is 2.85. The number of rotatable bonds is 3. The fourth-order valence-electron chi connectivity index (χ4n) is 3.17. The molecule has 0 radical (unpaired) electrons. The molecule has 2 atom stereocenters. The third-order valence-corrected chi connectivity index (χ3v) is 4.08. The molecule has 0 aliphatic heterocycles. The largest absolute Gasteiger partial charge is 0.458 e. The van der Waals surface area contributed by atoms with Crippen molar-refractivity contribution in [3.05, 3.63) is 35.8 Å². The molecule has 2 unspecified atom stereocenters. The highest BCUT2D eigenvalue weighted by molar-refractivity contribution is 5.78. The molecule has 19 heavy (non-hydrogen) atoms. The predicted molar refractivity (Wildman–Crippen MR) is 74.8 cm³/mol. The number of furan rings is 1. The fraction of sp³-hybridized carbons (Fsp3) is 0.500. The van der Waals surface area contributed by atoms with Crippen molar-refractivity contribution in [2.45, 2.75) is 44.6 Å². The predicted octanol–water partition coefficient (Wildman–Crippen LogP) is 4.21. The van der Waals surface area contributed by atoms with Gasteiger partial charge in [0.15, 0.2) is 11.4 Å². The van der Waals surface area contributed by atoms with Crippen molar-refractivity contribution >= 4 is 11.0 Å². The van der Waals surface area contributed by atoms with Gasteiger partial charge in [0.1, 0.15) is 5.76 Å². The normalized spacial score (nSPS) is 23.9. The molecule has 0 spiro atoms. The van der Waals surface area contributed by atoms with Crippen LogP contribution >= 0.6 is 0 Å². The van der Waals surface area contributed by atoms with E-state index in [0.717, 1.165) is 30.5 Å². The van der Waals surface area contributed by atoms with E-state index >= 15 is 0 Å². The summed E-state index contributed by atoms with van der Waals surface area (Å²) in [5, 5.41) is 4.39. The van der Waals surface area contributed by atoms with Crippen LogP contribution in [0.3, 0.4) is 0 Å². The Labute approximate surface area is 113 Å². The Balaban J connectivity index is 1.85. The van der Waals surface area contributed by atoms with Crippen molar-refractivity contribution < 1.29 is 8.81 Å². The van der Waals surface area contributed by atoms with Crippen molar-refractivity contribution in [3.8, 4) is 0 Å². The van der Waals surface area contributed by atoms with Gasteiger partial charge >= 0.3 is 0 Å². The van der Waals surface area contributed by atoms with Gasteiger partial charge in [0, 0.05) is 17.3 Å². The number of benzene rings is 1. The summed E-state index contributed by atoms with van der Waals surface area (Å²) in [6.07, 6.45) is 4.68. The van der Waals surface area contributed by atoms with Crippen molar-refractivity contribution in [1.82, 2.24) is 5.32 Å². The van der Waals surface area contributed by atoms with E-state index in [2.05, 4.69) is 12.2 Å². The first-order valence-corrected chi connectivity index (χ1v) is 7.19. The van der Waals surface area contributed by atoms with Crippen molar-refractivity contribution in [1.29, 1.82) is 0 Å². The highest BCUT2D eigenvalue weighted by Crippen LogP contribution is 2.36. The van der Waals surface area contributed by atoms with Crippen LogP contribution < -0.4 is 5.32 Å². The maximum atomic E-state index is 13.7. The van der Waals surface area contributed by atoms with Gasteiger partial charge in [0.2, 0.25) is 0 Å². The van der Waals surface area contributed by atoms with Crippen LogP contribution in [0.5, 0.6) is 0 Å². The number of hydrogen-bond acceptors (Lipinski definition) is 2. The zero-order valence-electron chi connectivity index (χ0n) is 11.3. The molecule has 102 valence electrons. The highest BCUT2D eigenvalue weighted by atomic mass is 19.1. The van der Waals surface area contributed by atoms with Crippen LogP contribution in [0.15, 0.2) is 28.7 Å². The van der Waals surface area contributed by atoms with E-state index in [-0.39, 0.29) is 5.82 Å². The van der Waals surface area contributed by atoms with Crippen LogP contribution in [-0.2, 0) is 0 Å². The molecular weight excluding hydrogens is 241 g/mol. The van der Waals surface area contributed by atoms with E-state index in [0.29, 0.717) is 17.5 Å². The van der Waals surface area contributed by atoms with Gasteiger partial charge in [-0.2, -0.15) is 0 Å². The first kappa shape index (κ1) is 12.7. The topological polar surface area (TPSA) is 25.2 Å². The number of hydrogen-bond donors (Lipinski definition) is 1. The smallest absolute Gasteiger partial charge is 0.169 e. The molecule has 3 rings (SSSR count). The summed E-state index contributed by atoms with van der Waals surface area (Å²) in [5.74, 6) is 1.11. The summed E-state index contributed by atoms with van der Waals surface area (Å²) >= 11 is 0. The van der Waals surface area contributed by atoms with Crippen LogP contribution in [0.4, 0.5) is 4.39 Å². The van der Waals surface area contributed by atoms with E-state index in [1.807, 2.05) is 12.1 Å². The molecule has 1 fully saturated rings. The van der Waals surface area contributed by atoms with Crippen molar-refractivity contribution in [3.63, 3.8) is 0 Å². The monoisotopic (exact) mass is 261 g/mol. The maximum Gasteiger partial charge on any atom is 0.169 e. The highest BCUT2D eigenvalue weighted by Gasteiger charge is 2.25. The summed E-state index contributed by atoms with van der Waals surface area (Å²) in [6.45, 7) is 3.15. The van der Waals surface area contributed by atoms with E-state index < -0.39 is 0 Å². The minimum Gasteiger partial charge on any atom is -0.458 e. The number of halogens is 1. The van der Waals surface area contributed by atoms with Crippen molar-refractivity contribution in [2.24, 2.45) is 0 Å². The zero-order chi connectivity index (χ0) is 13.2. The third-order valence-electron chi connectivity index (χ3n) is 4.08. The summed E-state index contributed by atoms with van der Waals surface area (Å²) in [7, 11) is 0. The molecule has 1 N–H and O–H groups in total. The zero-order valence-corrected chi connectivity index (χ0v) is 11.3. The van der Waals surface area contributed by atoms with Gasteiger partial charge in [-0.15, -0.1) is 0 Å². The minimum atomic E-state index is -0.261. The Morgan fingerprint density at radius 3 is 3.05 bits per heavy atom. The molecule has 1 aliphatic carbocycles. The maximum absolute atomic E-state index is 13.7. The fourth-order valence-corrected chi connectivity index (χ4v) is 3.17. The molecule has 2 aromatic rings. The van der Waals surface area contributed by atoms with Gasteiger partial charge in [0.25, 0.3) is 0 Å². The SMILES string of the molecule is CCNC1CCCC(c2cc3cccc(F)c3o2)C1. The molecule has 1 saturated carbocycles. The number of para-hydroxylation sites is 1. The second-order valence-corrected chi connectivity index (χ2v) is 5.43. The summed E-state index contributed by atoms with van der Waals surface area (Å²) in [5.41, 5.74) is 0.406. The van der Waals surface area contributed by atoms with Gasteiger partial charge in [-0.25, -0.2) is 4.39 Å². The quantitative estimate of drug-likeness (QED) is 0.895. The third kappa shape index (κ3) is 2.52. The molecule has 0 amide bonds. The lowest BCUT2D eigenvalue weighted by atomic mass is 9.84. The van der Waals surface area contributed by atoms with Gasteiger partial charge in [-0.1, -0.05) is 25.5 Å². The number of fused-ring (bicyclic) bond motifs is 1. The Kier molecular flexibility index (Phi) is 3.56. The summed E-state index contributed by atoms with van der Waals surface area (Å²) < 4.78 is 19.4. The van der Waals surface area contributed by atoms with Crippen LogP contribution in [0, 0.1) is 5.82 Å². The first-order chi connectivity index (χ1) is 9.28. The van der Waals surface area contributed by atoms with Gasteiger partial charge in [-0.05, 0) is 37.9 Å². The molecule has 1 aromatic carbocycles. The van der Waals surface area contributed by atoms with Gasteiger partial charge in [0.05, 0.1) is 0 Å². The minimum absolute atomic E-state index is 0.261. The Hall–Kier alpha value is -1.35. The molecule has 3 heteroatoms. The van der Waals surface area contributed by atoms with Crippen molar-refractivity contribution in [2.75, 3.05) is 6.54 Å². The second kappa shape index (κ2) is 5.33. The van der Waals surface area contributed by atoms with Gasteiger partial charge < -0.3 is 9.73 Å². The lowest BCUT2D eigenvalue weighted by Crippen LogP contribution is -2.33. The Bertz CT molecular complexity index is 561. The molecule has 1 aromatic heterocycles. The average molecular weight is 261 g/mol. The molecule has 2 nitrogen and oxygen atoms in total. The summed E-state index contributed by atoms with van der Waals surface area (Å²) in [6, 6.07) is 7.69. The van der Waals surface area contributed by atoms with Crippen LogP contribution in [0.2, 0.25) is 0 Å². The Morgan fingerprint density at radius 1 is 1.37 bits per heavy atom. The summed E-state index contributed by atoms with van der Waals surface area (Å²) in [4.78, 5) is 0. The number of nitrogens with one attached hydrogen (secondary N) is 1. The standard InChI is InChI=1S/C16H20FNO/c1-2-18-13-7-3-5-11(9-13)15-10-12-6-4-8-14(17)16(12)19-15/h4,6,8,10-11,13,18H,2-3,5,7,9H2,1H3. The molecule has 1 heterocycles. The van der Waals surface area contributed by atoms with Crippen LogP contribution in [0.1, 0.15) is 44.3 Å². The molecular formula is C16H20FNO. The van der Waals surface area contributed by atoms with Crippen LogP contribution in [0.25, 0.3) is 11.0 Å². The lowest BCUT2D eigenvalue weighted by Gasteiger charge is -2.28. The van der Waals surface area contributed by atoms with Gasteiger partial charge in [-0.3, -0.25) is 0 Å². The van der Waals surface area contributed by atoms with Crippen LogP contribution in [-0.4, -0.2) is 12.6 Å². The van der Waals surface area contributed by atoms with E-state index in [1.54, 1.807) is 6.07 Å². The second-order valence-electron chi connectivity index (χ2n) is 5.43. The van der Waals surface area contributed by atoms with E-state index in [1.165, 1.54) is 18.9 Å². The molecule has 1 aliphatic rings. The lowest BCUT2D eigenvalue weighted by molar-refractivity contribution is 0.316.